The van der Waals surface area contributed by atoms with Gasteiger partial charge in [0.15, 0.2) is 0 Å². The molecule has 23 heavy (non-hydrogen) atoms. The summed E-state index contributed by atoms with van der Waals surface area (Å²) < 4.78 is 5.88. The quantitative estimate of drug-likeness (QED) is 0.761. The molecule has 3 nitrogen and oxygen atoms in total. The SMILES string of the molecule is CCc1ccccc1OCCC(C#N)c1ccc(N(C)C)cc1. The number of nitriles is 1. The summed E-state index contributed by atoms with van der Waals surface area (Å²) in [5.74, 6) is 0.787. The third kappa shape index (κ3) is 4.50. The lowest BCUT2D eigenvalue weighted by molar-refractivity contribution is 0.303. The molecule has 0 heterocycles. The molecule has 0 aliphatic carbocycles. The van der Waals surface area contributed by atoms with E-state index in [-0.39, 0.29) is 5.92 Å². The van der Waals surface area contributed by atoms with Crippen LogP contribution in [0.1, 0.15) is 30.4 Å². The van der Waals surface area contributed by atoms with E-state index in [1.807, 2.05) is 56.6 Å². The number of nitrogens with zero attached hydrogens (tertiary/aromatic N) is 2. The first-order valence-corrected chi connectivity index (χ1v) is 8.03. The summed E-state index contributed by atoms with van der Waals surface area (Å²) in [7, 11) is 4.02. The molecule has 0 radical (unpaired) electrons. The van der Waals surface area contributed by atoms with E-state index in [0.717, 1.165) is 23.4 Å². The molecular weight excluding hydrogens is 284 g/mol. The van der Waals surface area contributed by atoms with E-state index in [1.165, 1.54) is 5.56 Å². The van der Waals surface area contributed by atoms with Crippen molar-refractivity contribution in [2.24, 2.45) is 0 Å². The zero-order chi connectivity index (χ0) is 16.7. The van der Waals surface area contributed by atoms with Crippen LogP contribution in [0.2, 0.25) is 0 Å². The Balaban J connectivity index is 1.96. The smallest absolute Gasteiger partial charge is 0.122 e. The van der Waals surface area contributed by atoms with Gasteiger partial charge in [-0.15, -0.1) is 0 Å². The van der Waals surface area contributed by atoms with E-state index in [4.69, 9.17) is 4.74 Å². The van der Waals surface area contributed by atoms with Crippen molar-refractivity contribution in [1.29, 1.82) is 5.26 Å². The first kappa shape index (κ1) is 16.9. The maximum atomic E-state index is 9.44. The van der Waals surface area contributed by atoms with Gasteiger partial charge >= 0.3 is 0 Å². The Hall–Kier alpha value is -2.47. The minimum absolute atomic E-state index is 0.139. The molecule has 0 spiro atoms. The third-order valence-electron chi connectivity index (χ3n) is 3.99. The highest BCUT2D eigenvalue weighted by molar-refractivity contribution is 5.47. The molecule has 0 aliphatic heterocycles. The zero-order valence-electron chi connectivity index (χ0n) is 14.1. The van der Waals surface area contributed by atoms with Gasteiger partial charge in [0, 0.05) is 26.2 Å². The zero-order valence-corrected chi connectivity index (χ0v) is 14.1. The summed E-state index contributed by atoms with van der Waals surface area (Å²) in [6.07, 6.45) is 1.64. The average Bonchev–Trinajstić information content (AvgIpc) is 2.59. The third-order valence-corrected chi connectivity index (χ3v) is 3.99. The van der Waals surface area contributed by atoms with E-state index in [9.17, 15) is 5.26 Å². The van der Waals surface area contributed by atoms with Crippen molar-refractivity contribution in [2.75, 3.05) is 25.6 Å². The fraction of sp³-hybridized carbons (Fsp3) is 0.350. The van der Waals surface area contributed by atoms with Crippen molar-refractivity contribution < 1.29 is 4.74 Å². The minimum atomic E-state index is -0.139. The number of para-hydroxylation sites is 1. The van der Waals surface area contributed by atoms with Crippen LogP contribution in [0.3, 0.4) is 0 Å². The van der Waals surface area contributed by atoms with E-state index in [2.05, 4.69) is 24.0 Å². The summed E-state index contributed by atoms with van der Waals surface area (Å²) >= 11 is 0. The molecule has 0 amide bonds. The number of rotatable bonds is 7. The van der Waals surface area contributed by atoms with Crippen LogP contribution in [0.4, 0.5) is 5.69 Å². The first-order chi connectivity index (χ1) is 11.2. The lowest BCUT2D eigenvalue weighted by Crippen LogP contribution is -2.09. The summed E-state index contributed by atoms with van der Waals surface area (Å²) in [6.45, 7) is 2.66. The molecule has 0 aliphatic rings. The average molecular weight is 308 g/mol. The lowest BCUT2D eigenvalue weighted by Gasteiger charge is -2.15. The maximum Gasteiger partial charge on any atom is 0.122 e. The van der Waals surface area contributed by atoms with Gasteiger partial charge in [-0.3, -0.25) is 0 Å². The Bertz CT molecular complexity index is 656. The van der Waals surface area contributed by atoms with Crippen LogP contribution in [0, 0.1) is 11.3 Å². The van der Waals surface area contributed by atoms with Gasteiger partial charge in [-0.1, -0.05) is 37.3 Å². The van der Waals surface area contributed by atoms with Crippen LogP contribution in [0.25, 0.3) is 0 Å². The highest BCUT2D eigenvalue weighted by Crippen LogP contribution is 2.23. The van der Waals surface area contributed by atoms with E-state index >= 15 is 0 Å². The summed E-state index contributed by atoms with van der Waals surface area (Å²) in [4.78, 5) is 2.05. The second-order valence-corrected chi connectivity index (χ2v) is 5.77. The second kappa shape index (κ2) is 8.24. The number of aryl methyl sites for hydroxylation is 1. The van der Waals surface area contributed by atoms with Crippen LogP contribution in [0.5, 0.6) is 5.75 Å². The fourth-order valence-corrected chi connectivity index (χ4v) is 2.53. The summed E-state index contributed by atoms with van der Waals surface area (Å²) in [5, 5.41) is 9.44. The number of ether oxygens (including phenoxy) is 1. The molecule has 0 fully saturated rings. The molecule has 2 rings (SSSR count). The van der Waals surface area contributed by atoms with Gasteiger partial charge in [0.25, 0.3) is 0 Å². The number of benzene rings is 2. The Morgan fingerprint density at radius 2 is 1.78 bits per heavy atom. The van der Waals surface area contributed by atoms with Gasteiger partial charge in [0.1, 0.15) is 5.75 Å². The molecule has 3 heteroatoms. The van der Waals surface area contributed by atoms with Crippen molar-refractivity contribution in [3.8, 4) is 11.8 Å². The lowest BCUT2D eigenvalue weighted by atomic mass is 9.97. The van der Waals surface area contributed by atoms with Gasteiger partial charge < -0.3 is 9.64 Å². The predicted octanol–water partition coefficient (Wildman–Crippen LogP) is 4.39. The molecular formula is C20H24N2O. The second-order valence-electron chi connectivity index (χ2n) is 5.77. The minimum Gasteiger partial charge on any atom is -0.493 e. The molecule has 120 valence electrons. The highest BCUT2D eigenvalue weighted by atomic mass is 16.5. The van der Waals surface area contributed by atoms with Crippen LogP contribution in [-0.4, -0.2) is 20.7 Å². The molecule has 0 saturated heterocycles. The molecule has 0 N–H and O–H groups in total. The standard InChI is InChI=1S/C20H24N2O/c1-4-16-7-5-6-8-20(16)23-14-13-18(15-21)17-9-11-19(12-10-17)22(2)3/h5-12,18H,4,13-14H2,1-3H3. The summed E-state index contributed by atoms with van der Waals surface area (Å²) in [6, 6.07) is 18.6. The number of hydrogen-bond acceptors (Lipinski definition) is 3. The van der Waals surface area contributed by atoms with Gasteiger partial charge in [0.2, 0.25) is 0 Å². The Morgan fingerprint density at radius 1 is 1.09 bits per heavy atom. The van der Waals surface area contributed by atoms with Crippen molar-refractivity contribution in [3.05, 3.63) is 59.7 Å². The summed E-state index contributed by atoms with van der Waals surface area (Å²) in [5.41, 5.74) is 3.39. The van der Waals surface area contributed by atoms with Gasteiger partial charge in [0.05, 0.1) is 18.6 Å². The van der Waals surface area contributed by atoms with Crippen molar-refractivity contribution in [3.63, 3.8) is 0 Å². The van der Waals surface area contributed by atoms with Crippen LogP contribution >= 0.6 is 0 Å². The Morgan fingerprint density at radius 3 is 2.39 bits per heavy atom. The molecule has 0 bridgehead atoms. The fourth-order valence-electron chi connectivity index (χ4n) is 2.53. The monoisotopic (exact) mass is 308 g/mol. The van der Waals surface area contributed by atoms with Gasteiger partial charge in [-0.2, -0.15) is 5.26 Å². The maximum absolute atomic E-state index is 9.44. The van der Waals surface area contributed by atoms with Crippen molar-refractivity contribution in [1.82, 2.24) is 0 Å². The van der Waals surface area contributed by atoms with Crippen LogP contribution in [0.15, 0.2) is 48.5 Å². The van der Waals surface area contributed by atoms with Gasteiger partial charge in [-0.25, -0.2) is 0 Å². The van der Waals surface area contributed by atoms with Crippen molar-refractivity contribution >= 4 is 5.69 Å². The molecule has 1 atom stereocenters. The molecule has 0 aromatic heterocycles. The van der Waals surface area contributed by atoms with Crippen molar-refractivity contribution in [2.45, 2.75) is 25.7 Å². The molecule has 2 aromatic rings. The topological polar surface area (TPSA) is 36.3 Å². The molecule has 0 saturated carbocycles. The number of hydrogen-bond donors (Lipinski definition) is 0. The Labute approximate surface area is 139 Å². The largest absolute Gasteiger partial charge is 0.493 e. The molecule has 1 unspecified atom stereocenters. The van der Waals surface area contributed by atoms with E-state index < -0.39 is 0 Å². The number of anilines is 1. The normalized spacial score (nSPS) is 11.6. The first-order valence-electron chi connectivity index (χ1n) is 8.03. The highest BCUT2D eigenvalue weighted by Gasteiger charge is 2.11. The Kier molecular flexibility index (Phi) is 6.05. The van der Waals surface area contributed by atoms with Crippen LogP contribution < -0.4 is 9.64 Å². The van der Waals surface area contributed by atoms with Crippen LogP contribution in [-0.2, 0) is 6.42 Å². The van der Waals surface area contributed by atoms with Gasteiger partial charge in [-0.05, 0) is 35.7 Å². The predicted molar refractivity (Wildman–Crippen MR) is 95.1 cm³/mol. The van der Waals surface area contributed by atoms with E-state index in [1.54, 1.807) is 0 Å². The molecule has 2 aromatic carbocycles. The van der Waals surface area contributed by atoms with E-state index in [0.29, 0.717) is 13.0 Å².